The quantitative estimate of drug-likeness (QED) is 0.196. The van der Waals surface area contributed by atoms with Crippen molar-refractivity contribution < 1.29 is 18.9 Å². The summed E-state index contributed by atoms with van der Waals surface area (Å²) in [7, 11) is 0. The number of fused-ring (bicyclic) bond motifs is 1. The minimum absolute atomic E-state index is 0.0209. The van der Waals surface area contributed by atoms with E-state index in [0.29, 0.717) is 43.3 Å². The van der Waals surface area contributed by atoms with E-state index in [9.17, 15) is 19.7 Å². The first-order valence-electron chi connectivity index (χ1n) is 11.8. The maximum Gasteiger partial charge on any atom is 0.338 e. The van der Waals surface area contributed by atoms with Crippen molar-refractivity contribution in [3.05, 3.63) is 105 Å². The Labute approximate surface area is 224 Å². The molecule has 0 unspecified atom stereocenters. The van der Waals surface area contributed by atoms with Crippen LogP contribution in [-0.4, -0.2) is 22.1 Å². The normalized spacial score (nSPS) is 15.4. The summed E-state index contributed by atoms with van der Waals surface area (Å²) in [5, 5.41) is 13.4. The van der Waals surface area contributed by atoms with Gasteiger partial charge in [-0.15, -0.1) is 11.3 Å². The van der Waals surface area contributed by atoms with Crippen LogP contribution in [0.3, 0.4) is 0 Å². The lowest BCUT2D eigenvalue weighted by molar-refractivity contribution is -0.385. The van der Waals surface area contributed by atoms with Gasteiger partial charge in [-0.1, -0.05) is 17.4 Å². The predicted molar refractivity (Wildman–Crippen MR) is 145 cm³/mol. The molecule has 0 N–H and O–H groups in total. The van der Waals surface area contributed by atoms with E-state index < -0.39 is 16.9 Å². The molecule has 0 bridgehead atoms. The van der Waals surface area contributed by atoms with Gasteiger partial charge in [0, 0.05) is 28.1 Å². The summed E-state index contributed by atoms with van der Waals surface area (Å²) in [4.78, 5) is 43.4. The third-order valence-electron chi connectivity index (χ3n) is 6.35. The van der Waals surface area contributed by atoms with Crippen LogP contribution in [0.2, 0.25) is 0 Å². The molecule has 0 saturated carbocycles. The Hall–Kier alpha value is -4.09. The minimum Gasteiger partial charge on any atom is -0.463 e. The van der Waals surface area contributed by atoms with Gasteiger partial charge in [0.1, 0.15) is 17.6 Å². The number of nitro groups is 1. The van der Waals surface area contributed by atoms with Gasteiger partial charge in [-0.25, -0.2) is 9.79 Å². The second-order valence-electron chi connectivity index (χ2n) is 8.71. The lowest BCUT2D eigenvalue weighted by Crippen LogP contribution is -2.39. The van der Waals surface area contributed by atoms with Crippen LogP contribution in [0.1, 0.15) is 41.7 Å². The zero-order valence-corrected chi connectivity index (χ0v) is 22.6. The molecule has 0 saturated heterocycles. The summed E-state index contributed by atoms with van der Waals surface area (Å²) in [5.74, 6) is 0.367. The van der Waals surface area contributed by atoms with Gasteiger partial charge in [0.2, 0.25) is 0 Å². The second kappa shape index (κ2) is 9.99. The zero-order chi connectivity index (χ0) is 27.1. The van der Waals surface area contributed by atoms with Crippen molar-refractivity contribution in [2.45, 2.75) is 33.7 Å². The predicted octanol–water partition coefficient (Wildman–Crippen LogP) is 4.64. The molecule has 0 spiro atoms. The molecule has 0 radical (unpaired) electrons. The number of hydrogen-bond acceptors (Lipinski definition) is 9. The van der Waals surface area contributed by atoms with Crippen LogP contribution in [0, 0.1) is 24.0 Å². The van der Waals surface area contributed by atoms with E-state index in [1.807, 2.05) is 30.5 Å². The summed E-state index contributed by atoms with van der Waals surface area (Å²) in [6.45, 7) is 7.21. The third-order valence-corrected chi connectivity index (χ3v) is 8.26. The molecule has 0 fully saturated rings. The number of carbonyl (C=O) groups is 1. The number of ether oxygens (including phenoxy) is 1. The molecule has 38 heavy (non-hydrogen) atoms. The van der Waals surface area contributed by atoms with Crippen LogP contribution >= 0.6 is 22.7 Å². The van der Waals surface area contributed by atoms with Gasteiger partial charge in [-0.05, 0) is 62.9 Å². The number of nitro benzene ring substituents is 1. The smallest absolute Gasteiger partial charge is 0.338 e. The Balaban J connectivity index is 1.60. The highest BCUT2D eigenvalue weighted by Gasteiger charge is 2.34. The molecule has 11 heteroatoms. The molecule has 9 nitrogen and oxygen atoms in total. The van der Waals surface area contributed by atoms with Crippen LogP contribution in [-0.2, 0) is 9.53 Å². The van der Waals surface area contributed by atoms with Crippen LogP contribution in [0.5, 0.6) is 0 Å². The van der Waals surface area contributed by atoms with Crippen LogP contribution in [0.15, 0.2) is 67.3 Å². The van der Waals surface area contributed by atoms with E-state index in [-0.39, 0.29) is 17.9 Å². The summed E-state index contributed by atoms with van der Waals surface area (Å²) < 4.78 is 13.2. The van der Waals surface area contributed by atoms with Crippen LogP contribution in [0.25, 0.3) is 17.4 Å². The van der Waals surface area contributed by atoms with Crippen LogP contribution in [0.4, 0.5) is 5.69 Å². The van der Waals surface area contributed by atoms with Gasteiger partial charge >= 0.3 is 5.97 Å². The number of aryl methyl sites for hydroxylation is 1. The van der Waals surface area contributed by atoms with Gasteiger partial charge in [0.15, 0.2) is 4.80 Å². The number of thiazole rings is 1. The van der Waals surface area contributed by atoms with Gasteiger partial charge in [0.05, 0.1) is 27.3 Å². The van der Waals surface area contributed by atoms with Crippen molar-refractivity contribution >= 4 is 40.4 Å². The van der Waals surface area contributed by atoms with Crippen molar-refractivity contribution in [3.8, 4) is 11.3 Å². The number of esters is 1. The van der Waals surface area contributed by atoms with Crippen molar-refractivity contribution in [2.24, 2.45) is 4.99 Å². The molecular weight excluding hydrogens is 526 g/mol. The van der Waals surface area contributed by atoms with Gasteiger partial charge in [-0.2, -0.15) is 0 Å². The first kappa shape index (κ1) is 25.6. The number of thiophene rings is 1. The number of furan rings is 1. The number of carbonyl (C=O) groups excluding carboxylic acids is 1. The Bertz CT molecular complexity index is 1790. The third kappa shape index (κ3) is 4.44. The SMILES string of the molecule is CCOC(=O)C1=C(C)N=c2s/c(=C\c3ccc(-c4cc(C)c(C)c([N+](=O)[O-])c4)o3)c(=O)n2[C@@H]1c1cccs1. The molecule has 1 aliphatic heterocycles. The Morgan fingerprint density at radius 3 is 2.74 bits per heavy atom. The highest BCUT2D eigenvalue weighted by atomic mass is 32.1. The van der Waals surface area contributed by atoms with E-state index >= 15 is 0 Å². The number of benzene rings is 1. The monoisotopic (exact) mass is 549 g/mol. The van der Waals surface area contributed by atoms with Gasteiger partial charge < -0.3 is 9.15 Å². The molecule has 0 aliphatic carbocycles. The standard InChI is InChI=1S/C27H23N3O6S2/c1-5-35-26(32)23-16(4)28-27-29(24(23)21-7-6-10-37-21)25(31)22(38-27)13-18-8-9-20(36-18)17-11-14(2)15(3)19(12-17)30(33)34/h6-13,24H,5H2,1-4H3/b22-13-/t24-/m1/s1. The average molecular weight is 550 g/mol. The lowest BCUT2D eigenvalue weighted by atomic mass is 10.0. The molecule has 1 aromatic carbocycles. The number of aromatic nitrogens is 1. The molecule has 194 valence electrons. The molecule has 1 atom stereocenters. The highest BCUT2D eigenvalue weighted by Crippen LogP contribution is 2.33. The largest absolute Gasteiger partial charge is 0.463 e. The first-order chi connectivity index (χ1) is 18.2. The Morgan fingerprint density at radius 2 is 2.05 bits per heavy atom. The maximum atomic E-state index is 13.6. The lowest BCUT2D eigenvalue weighted by Gasteiger charge is -2.23. The fourth-order valence-corrected chi connectivity index (χ4v) is 6.25. The van der Waals surface area contributed by atoms with Crippen molar-refractivity contribution in [2.75, 3.05) is 6.61 Å². The van der Waals surface area contributed by atoms with Crippen molar-refractivity contribution in [3.63, 3.8) is 0 Å². The highest BCUT2D eigenvalue weighted by molar-refractivity contribution is 7.10. The Morgan fingerprint density at radius 1 is 1.26 bits per heavy atom. The fraction of sp³-hybridized carbons (Fsp3) is 0.222. The summed E-state index contributed by atoms with van der Waals surface area (Å²) >= 11 is 2.65. The average Bonchev–Trinajstić information content (AvgIpc) is 3.62. The van der Waals surface area contributed by atoms with Crippen molar-refractivity contribution in [1.29, 1.82) is 0 Å². The zero-order valence-electron chi connectivity index (χ0n) is 21.0. The van der Waals surface area contributed by atoms with E-state index in [1.54, 1.807) is 39.0 Å². The number of hydrogen-bond donors (Lipinski definition) is 0. The van der Waals surface area contributed by atoms with Gasteiger partial charge in [-0.3, -0.25) is 19.5 Å². The molecule has 4 heterocycles. The molecule has 1 aliphatic rings. The van der Waals surface area contributed by atoms with E-state index in [0.717, 1.165) is 10.4 Å². The topological polar surface area (TPSA) is 117 Å². The van der Waals surface area contributed by atoms with Gasteiger partial charge in [0.25, 0.3) is 11.2 Å². The minimum atomic E-state index is -0.643. The maximum absolute atomic E-state index is 13.6. The molecular formula is C27H23N3O6S2. The second-order valence-corrected chi connectivity index (χ2v) is 10.7. The molecule has 5 rings (SSSR count). The number of rotatable bonds is 6. The number of nitrogens with zero attached hydrogens (tertiary/aromatic N) is 3. The summed E-state index contributed by atoms with van der Waals surface area (Å²) in [5.41, 5.74) is 2.52. The number of allylic oxidation sites excluding steroid dienone is 1. The fourth-order valence-electron chi connectivity index (χ4n) is 4.39. The molecule has 4 aromatic rings. The molecule has 0 amide bonds. The van der Waals surface area contributed by atoms with E-state index in [1.165, 1.54) is 33.3 Å². The van der Waals surface area contributed by atoms with E-state index in [2.05, 4.69) is 4.99 Å². The van der Waals surface area contributed by atoms with Crippen LogP contribution < -0.4 is 14.9 Å². The summed E-state index contributed by atoms with van der Waals surface area (Å²) in [6, 6.07) is 9.85. The Kier molecular flexibility index (Phi) is 6.72. The van der Waals surface area contributed by atoms with Crippen molar-refractivity contribution in [1.82, 2.24) is 4.57 Å². The molecule has 3 aromatic heterocycles. The van der Waals surface area contributed by atoms with E-state index in [4.69, 9.17) is 9.15 Å². The summed E-state index contributed by atoms with van der Waals surface area (Å²) in [6.07, 6.45) is 1.62. The first-order valence-corrected chi connectivity index (χ1v) is 13.5.